The normalized spacial score (nSPS) is 14.9. The summed E-state index contributed by atoms with van der Waals surface area (Å²) in [7, 11) is 0. The highest BCUT2D eigenvalue weighted by Gasteiger charge is 2.17. The van der Waals surface area contributed by atoms with Gasteiger partial charge in [-0.25, -0.2) is 4.79 Å². The minimum Gasteiger partial charge on any atom is -0.382 e. The van der Waals surface area contributed by atoms with Crippen LogP contribution in [-0.4, -0.2) is 44.8 Å². The van der Waals surface area contributed by atoms with Crippen LogP contribution in [0.2, 0.25) is 0 Å². The number of carbonyl (C=O) groups excluding carboxylic acids is 2. The second-order valence-corrected chi connectivity index (χ2v) is 5.44. The topological polar surface area (TPSA) is 79.5 Å². The van der Waals surface area contributed by atoms with Gasteiger partial charge < -0.3 is 20.7 Å². The lowest BCUT2D eigenvalue weighted by Gasteiger charge is -2.10. The molecule has 0 aromatic heterocycles. The maximum absolute atomic E-state index is 11.7. The molecular weight excluding hydrogens is 270 g/mol. The third kappa shape index (κ3) is 9.28. The standard InChI is InChI=1S/C15H29N3O3/c1-2-21-11-5-8-17-15(20)18-10-9-16-14(19)12-13-6-3-4-7-13/h13H,2-12H2,1H3,(H,16,19)(H2,17,18,20). The maximum atomic E-state index is 11.7. The fourth-order valence-electron chi connectivity index (χ4n) is 2.51. The highest BCUT2D eigenvalue weighted by molar-refractivity contribution is 5.76. The molecule has 6 heteroatoms. The Morgan fingerprint density at radius 1 is 1.05 bits per heavy atom. The zero-order chi connectivity index (χ0) is 15.3. The third-order valence-electron chi connectivity index (χ3n) is 3.64. The molecule has 6 nitrogen and oxygen atoms in total. The molecule has 1 rings (SSSR count). The summed E-state index contributed by atoms with van der Waals surface area (Å²) in [6.45, 7) is 4.84. The first kappa shape index (κ1) is 17.8. The molecule has 0 aromatic carbocycles. The SMILES string of the molecule is CCOCCCNC(=O)NCCNC(=O)CC1CCCC1. The zero-order valence-corrected chi connectivity index (χ0v) is 13.1. The molecule has 0 spiro atoms. The van der Waals surface area contributed by atoms with Crippen molar-refractivity contribution in [1.29, 1.82) is 0 Å². The Bertz CT molecular complexity index is 305. The number of urea groups is 1. The summed E-state index contributed by atoms with van der Waals surface area (Å²) in [6.07, 6.45) is 6.29. The maximum Gasteiger partial charge on any atom is 0.314 e. The Kier molecular flexibility index (Phi) is 9.61. The molecule has 0 bridgehead atoms. The lowest BCUT2D eigenvalue weighted by Crippen LogP contribution is -2.40. The van der Waals surface area contributed by atoms with Gasteiger partial charge in [0.05, 0.1) is 0 Å². The molecule has 0 aliphatic heterocycles. The molecule has 0 heterocycles. The van der Waals surface area contributed by atoms with Crippen molar-refractivity contribution in [3.63, 3.8) is 0 Å². The fraction of sp³-hybridized carbons (Fsp3) is 0.867. The lowest BCUT2D eigenvalue weighted by molar-refractivity contribution is -0.121. The van der Waals surface area contributed by atoms with E-state index < -0.39 is 0 Å². The van der Waals surface area contributed by atoms with Crippen molar-refractivity contribution in [3.05, 3.63) is 0 Å². The van der Waals surface area contributed by atoms with Crippen LogP contribution in [0.3, 0.4) is 0 Å². The molecule has 1 saturated carbocycles. The van der Waals surface area contributed by atoms with Crippen LogP contribution < -0.4 is 16.0 Å². The van der Waals surface area contributed by atoms with Crippen molar-refractivity contribution in [1.82, 2.24) is 16.0 Å². The Morgan fingerprint density at radius 3 is 2.43 bits per heavy atom. The van der Waals surface area contributed by atoms with Gasteiger partial charge in [0.2, 0.25) is 5.91 Å². The van der Waals surface area contributed by atoms with Gasteiger partial charge in [-0.3, -0.25) is 4.79 Å². The molecule has 1 aliphatic carbocycles. The van der Waals surface area contributed by atoms with E-state index in [1.165, 1.54) is 25.7 Å². The van der Waals surface area contributed by atoms with Crippen molar-refractivity contribution in [2.75, 3.05) is 32.8 Å². The van der Waals surface area contributed by atoms with Crippen LogP contribution in [0.1, 0.15) is 45.4 Å². The number of hydrogen-bond acceptors (Lipinski definition) is 3. The van der Waals surface area contributed by atoms with Gasteiger partial charge in [-0.2, -0.15) is 0 Å². The molecule has 3 N–H and O–H groups in total. The van der Waals surface area contributed by atoms with Gasteiger partial charge in [0.1, 0.15) is 0 Å². The van der Waals surface area contributed by atoms with Crippen LogP contribution in [0.15, 0.2) is 0 Å². The van der Waals surface area contributed by atoms with Crippen LogP contribution in [0.25, 0.3) is 0 Å². The number of amides is 3. The molecule has 21 heavy (non-hydrogen) atoms. The van der Waals surface area contributed by atoms with Crippen molar-refractivity contribution < 1.29 is 14.3 Å². The minimum absolute atomic E-state index is 0.0980. The van der Waals surface area contributed by atoms with Crippen LogP contribution in [0.4, 0.5) is 4.79 Å². The van der Waals surface area contributed by atoms with Gasteiger partial charge in [0, 0.05) is 39.3 Å². The summed E-state index contributed by atoms with van der Waals surface area (Å²) >= 11 is 0. The van der Waals surface area contributed by atoms with E-state index in [-0.39, 0.29) is 11.9 Å². The second-order valence-electron chi connectivity index (χ2n) is 5.44. The van der Waals surface area contributed by atoms with Crippen molar-refractivity contribution in [2.45, 2.75) is 45.4 Å². The molecular formula is C15H29N3O3. The Hall–Kier alpha value is -1.30. The molecule has 0 radical (unpaired) electrons. The minimum atomic E-state index is -0.198. The number of carbonyl (C=O) groups is 2. The largest absolute Gasteiger partial charge is 0.382 e. The second kappa shape index (κ2) is 11.4. The number of hydrogen-bond donors (Lipinski definition) is 3. The number of nitrogens with one attached hydrogen (secondary N) is 3. The molecule has 122 valence electrons. The van der Waals surface area contributed by atoms with Gasteiger partial charge in [-0.1, -0.05) is 12.8 Å². The molecule has 0 aromatic rings. The van der Waals surface area contributed by atoms with E-state index in [2.05, 4.69) is 16.0 Å². The van der Waals surface area contributed by atoms with Crippen molar-refractivity contribution >= 4 is 11.9 Å². The number of ether oxygens (including phenoxy) is 1. The van der Waals surface area contributed by atoms with Gasteiger partial charge in [0.15, 0.2) is 0 Å². The average molecular weight is 299 g/mol. The summed E-state index contributed by atoms with van der Waals surface area (Å²) in [6, 6.07) is -0.198. The quantitative estimate of drug-likeness (QED) is 0.534. The van der Waals surface area contributed by atoms with Crippen LogP contribution in [-0.2, 0) is 9.53 Å². The first-order chi connectivity index (χ1) is 10.2. The Morgan fingerprint density at radius 2 is 1.71 bits per heavy atom. The van der Waals surface area contributed by atoms with Crippen molar-refractivity contribution in [3.8, 4) is 0 Å². The third-order valence-corrected chi connectivity index (χ3v) is 3.64. The number of rotatable bonds is 10. The Labute approximate surface area is 127 Å². The Balaban J connectivity index is 1.90. The first-order valence-electron chi connectivity index (χ1n) is 8.08. The van der Waals surface area contributed by atoms with Gasteiger partial charge >= 0.3 is 6.03 Å². The molecule has 1 fully saturated rings. The average Bonchev–Trinajstić information content (AvgIpc) is 2.96. The fourth-order valence-corrected chi connectivity index (χ4v) is 2.51. The highest BCUT2D eigenvalue weighted by atomic mass is 16.5. The summed E-state index contributed by atoms with van der Waals surface area (Å²) in [5.74, 6) is 0.660. The van der Waals surface area contributed by atoms with Gasteiger partial charge in [-0.05, 0) is 32.1 Å². The van der Waals surface area contributed by atoms with E-state index in [0.717, 1.165) is 6.42 Å². The van der Waals surface area contributed by atoms with Gasteiger partial charge in [-0.15, -0.1) is 0 Å². The van der Waals surface area contributed by atoms with E-state index in [9.17, 15) is 9.59 Å². The monoisotopic (exact) mass is 299 g/mol. The van der Waals surface area contributed by atoms with E-state index in [1.54, 1.807) is 0 Å². The zero-order valence-electron chi connectivity index (χ0n) is 13.1. The molecule has 0 atom stereocenters. The van der Waals surface area contributed by atoms with Gasteiger partial charge in [0.25, 0.3) is 0 Å². The van der Waals surface area contributed by atoms with Crippen LogP contribution in [0, 0.1) is 5.92 Å². The summed E-state index contributed by atoms with van der Waals surface area (Å²) in [5.41, 5.74) is 0. The highest BCUT2D eigenvalue weighted by Crippen LogP contribution is 2.27. The van der Waals surface area contributed by atoms with Crippen LogP contribution in [0.5, 0.6) is 0 Å². The molecule has 1 aliphatic rings. The molecule has 0 unspecified atom stereocenters. The predicted molar refractivity (Wildman–Crippen MR) is 82.1 cm³/mol. The van der Waals surface area contributed by atoms with E-state index in [0.29, 0.717) is 45.2 Å². The first-order valence-corrected chi connectivity index (χ1v) is 8.08. The summed E-state index contributed by atoms with van der Waals surface area (Å²) < 4.78 is 5.18. The van der Waals surface area contributed by atoms with Crippen molar-refractivity contribution in [2.24, 2.45) is 5.92 Å². The molecule has 0 saturated heterocycles. The smallest absolute Gasteiger partial charge is 0.314 e. The lowest BCUT2D eigenvalue weighted by atomic mass is 10.0. The van der Waals surface area contributed by atoms with Crippen LogP contribution >= 0.6 is 0 Å². The molecule has 3 amide bonds. The van der Waals surface area contributed by atoms with E-state index in [4.69, 9.17) is 4.74 Å². The predicted octanol–water partition coefficient (Wildman–Crippen LogP) is 1.41. The van der Waals surface area contributed by atoms with E-state index in [1.807, 2.05) is 6.92 Å². The summed E-state index contributed by atoms with van der Waals surface area (Å²) in [5, 5.41) is 8.31. The van der Waals surface area contributed by atoms with E-state index >= 15 is 0 Å². The summed E-state index contributed by atoms with van der Waals surface area (Å²) in [4.78, 5) is 23.1.